The van der Waals surface area contributed by atoms with Crippen molar-refractivity contribution in [2.75, 3.05) is 0 Å². The van der Waals surface area contributed by atoms with Crippen LogP contribution in [0.1, 0.15) is 21.5 Å². The van der Waals surface area contributed by atoms with Crippen LogP contribution in [0.4, 0.5) is 0 Å². The Labute approximate surface area is 93.4 Å². The molecular weight excluding hydrogens is 204 g/mol. The monoisotopic (exact) mass is 216 g/mol. The van der Waals surface area contributed by atoms with Gasteiger partial charge in [0.05, 0.1) is 4.88 Å². The lowest BCUT2D eigenvalue weighted by Crippen LogP contribution is -1.84. The molecule has 0 radical (unpaired) electrons. The Morgan fingerprint density at radius 1 is 1.20 bits per heavy atom. The van der Waals surface area contributed by atoms with Crippen molar-refractivity contribution < 1.29 is 4.79 Å². The fourth-order valence-corrected chi connectivity index (χ4v) is 2.50. The first-order chi connectivity index (χ1) is 7.18. The Kier molecular flexibility index (Phi) is 2.69. The Balaban J connectivity index is 2.50. The third kappa shape index (κ3) is 2.00. The number of benzene rings is 1. The van der Waals surface area contributed by atoms with Crippen LogP contribution in [0.15, 0.2) is 36.4 Å². The van der Waals surface area contributed by atoms with Crippen LogP contribution in [-0.4, -0.2) is 5.78 Å². The maximum Gasteiger partial charge on any atom is 0.169 e. The van der Waals surface area contributed by atoms with Crippen LogP contribution in [0.3, 0.4) is 0 Å². The molecule has 0 saturated heterocycles. The average molecular weight is 216 g/mol. The summed E-state index contributed by atoms with van der Waals surface area (Å²) < 4.78 is 0. The molecule has 0 spiro atoms. The Bertz CT molecular complexity index is 482. The Morgan fingerprint density at radius 2 is 1.87 bits per heavy atom. The van der Waals surface area contributed by atoms with Gasteiger partial charge < -0.3 is 0 Å². The number of hydrogen-bond acceptors (Lipinski definition) is 2. The fourth-order valence-electron chi connectivity index (χ4n) is 1.56. The molecule has 1 aromatic carbocycles. The second-order valence-corrected chi connectivity index (χ2v) is 4.76. The third-order valence-corrected chi connectivity index (χ3v) is 3.50. The number of aryl methyl sites for hydroxylation is 1. The molecule has 76 valence electrons. The molecule has 2 heteroatoms. The van der Waals surface area contributed by atoms with Crippen LogP contribution in [-0.2, 0) is 0 Å². The predicted octanol–water partition coefficient (Wildman–Crippen LogP) is 3.93. The van der Waals surface area contributed by atoms with Gasteiger partial charge in [-0.3, -0.25) is 4.79 Å². The molecule has 0 unspecified atom stereocenters. The molecule has 0 aliphatic carbocycles. The van der Waals surface area contributed by atoms with Crippen LogP contribution in [0, 0.1) is 6.92 Å². The summed E-state index contributed by atoms with van der Waals surface area (Å²) >= 11 is 1.57. The molecule has 0 bridgehead atoms. The van der Waals surface area contributed by atoms with Crippen molar-refractivity contribution in [2.45, 2.75) is 13.8 Å². The van der Waals surface area contributed by atoms with Crippen molar-refractivity contribution in [1.29, 1.82) is 0 Å². The summed E-state index contributed by atoms with van der Waals surface area (Å²) in [7, 11) is 0. The smallest absolute Gasteiger partial charge is 0.169 e. The second-order valence-electron chi connectivity index (χ2n) is 3.50. The van der Waals surface area contributed by atoms with Crippen molar-refractivity contribution in [1.82, 2.24) is 0 Å². The van der Waals surface area contributed by atoms with Crippen molar-refractivity contribution in [3.63, 3.8) is 0 Å². The first-order valence-corrected chi connectivity index (χ1v) is 5.67. The summed E-state index contributed by atoms with van der Waals surface area (Å²) in [5, 5.41) is 0. The minimum absolute atomic E-state index is 0.144. The zero-order valence-corrected chi connectivity index (χ0v) is 9.60. The summed E-state index contributed by atoms with van der Waals surface area (Å²) in [4.78, 5) is 13.3. The zero-order valence-electron chi connectivity index (χ0n) is 8.78. The van der Waals surface area contributed by atoms with Crippen molar-refractivity contribution >= 4 is 17.1 Å². The van der Waals surface area contributed by atoms with E-state index in [1.54, 1.807) is 18.3 Å². The molecule has 0 fully saturated rings. The molecular formula is C13H12OS. The van der Waals surface area contributed by atoms with E-state index in [1.807, 2.05) is 24.3 Å². The molecule has 0 atom stereocenters. The topological polar surface area (TPSA) is 17.1 Å². The highest BCUT2D eigenvalue weighted by Gasteiger charge is 2.09. The number of Topliss-reactive ketones (excluding diaryl/α,β-unsaturated/α-hetero) is 1. The molecule has 0 N–H and O–H groups in total. The molecule has 0 aliphatic heterocycles. The number of hydrogen-bond donors (Lipinski definition) is 0. The molecule has 2 aromatic rings. The number of carbonyl (C=O) groups is 1. The minimum Gasteiger partial charge on any atom is -0.294 e. The van der Waals surface area contributed by atoms with E-state index in [9.17, 15) is 4.79 Å². The van der Waals surface area contributed by atoms with Gasteiger partial charge in [0, 0.05) is 4.88 Å². The van der Waals surface area contributed by atoms with E-state index < -0.39 is 0 Å². The minimum atomic E-state index is 0.144. The van der Waals surface area contributed by atoms with Crippen LogP contribution >= 0.6 is 11.3 Å². The maximum absolute atomic E-state index is 11.3. The summed E-state index contributed by atoms with van der Waals surface area (Å²) in [5.74, 6) is 0.144. The molecule has 1 heterocycles. The van der Waals surface area contributed by atoms with Gasteiger partial charge in [-0.05, 0) is 31.0 Å². The average Bonchev–Trinajstić information content (AvgIpc) is 2.62. The van der Waals surface area contributed by atoms with Crippen LogP contribution in [0.2, 0.25) is 0 Å². The molecule has 1 nitrogen and oxygen atoms in total. The van der Waals surface area contributed by atoms with Gasteiger partial charge in [-0.2, -0.15) is 0 Å². The van der Waals surface area contributed by atoms with Gasteiger partial charge in [-0.25, -0.2) is 0 Å². The van der Waals surface area contributed by atoms with E-state index in [2.05, 4.69) is 19.1 Å². The SMILES string of the molecule is CC(=O)c1cc(-c2ccccc2)c(C)s1. The van der Waals surface area contributed by atoms with Gasteiger partial charge in [0.1, 0.15) is 0 Å². The summed E-state index contributed by atoms with van der Waals surface area (Å²) in [6, 6.07) is 12.1. The quantitative estimate of drug-likeness (QED) is 0.695. The van der Waals surface area contributed by atoms with Gasteiger partial charge in [0.25, 0.3) is 0 Å². The summed E-state index contributed by atoms with van der Waals surface area (Å²) in [6.07, 6.45) is 0. The van der Waals surface area contributed by atoms with Crippen molar-refractivity contribution in [3.8, 4) is 11.1 Å². The first kappa shape index (κ1) is 10.1. The van der Waals surface area contributed by atoms with E-state index in [0.29, 0.717) is 0 Å². The highest BCUT2D eigenvalue weighted by atomic mass is 32.1. The lowest BCUT2D eigenvalue weighted by Gasteiger charge is -1.97. The molecule has 0 aliphatic rings. The van der Waals surface area contributed by atoms with Crippen molar-refractivity contribution in [2.24, 2.45) is 0 Å². The van der Waals surface area contributed by atoms with E-state index in [1.165, 1.54) is 16.0 Å². The largest absolute Gasteiger partial charge is 0.294 e. The third-order valence-electron chi connectivity index (χ3n) is 2.35. The van der Waals surface area contributed by atoms with Gasteiger partial charge in [0.15, 0.2) is 5.78 Å². The Morgan fingerprint density at radius 3 is 2.40 bits per heavy atom. The lowest BCUT2D eigenvalue weighted by molar-refractivity contribution is 0.102. The van der Waals surface area contributed by atoms with E-state index in [4.69, 9.17) is 0 Å². The Hall–Kier alpha value is -1.41. The number of thiophene rings is 1. The molecule has 1 aromatic heterocycles. The second kappa shape index (κ2) is 3.99. The van der Waals surface area contributed by atoms with E-state index in [-0.39, 0.29) is 5.78 Å². The van der Waals surface area contributed by atoms with Crippen LogP contribution < -0.4 is 0 Å². The van der Waals surface area contributed by atoms with E-state index >= 15 is 0 Å². The van der Waals surface area contributed by atoms with Crippen molar-refractivity contribution in [3.05, 3.63) is 46.2 Å². The molecule has 0 saturated carbocycles. The van der Waals surface area contributed by atoms with Gasteiger partial charge in [-0.1, -0.05) is 30.3 Å². The number of ketones is 1. The number of carbonyl (C=O) groups excluding carboxylic acids is 1. The first-order valence-electron chi connectivity index (χ1n) is 4.85. The highest BCUT2D eigenvalue weighted by molar-refractivity contribution is 7.14. The molecule has 2 rings (SSSR count). The van der Waals surface area contributed by atoms with E-state index in [0.717, 1.165) is 4.88 Å². The predicted molar refractivity (Wildman–Crippen MR) is 64.5 cm³/mol. The highest BCUT2D eigenvalue weighted by Crippen LogP contribution is 2.30. The van der Waals surface area contributed by atoms with Gasteiger partial charge in [-0.15, -0.1) is 11.3 Å². The summed E-state index contributed by atoms with van der Waals surface area (Å²) in [5.41, 5.74) is 2.35. The number of rotatable bonds is 2. The fraction of sp³-hybridized carbons (Fsp3) is 0.154. The zero-order chi connectivity index (χ0) is 10.8. The molecule has 0 amide bonds. The van der Waals surface area contributed by atoms with Gasteiger partial charge in [0.2, 0.25) is 0 Å². The normalized spacial score (nSPS) is 10.3. The van der Waals surface area contributed by atoms with Crippen LogP contribution in [0.25, 0.3) is 11.1 Å². The lowest BCUT2D eigenvalue weighted by atomic mass is 10.1. The standard InChI is InChI=1S/C13H12OS/c1-9(14)13-8-12(10(2)15-13)11-6-4-3-5-7-11/h3-8H,1-2H3. The summed E-state index contributed by atoms with van der Waals surface area (Å²) in [6.45, 7) is 3.67. The maximum atomic E-state index is 11.3. The molecule has 15 heavy (non-hydrogen) atoms. The van der Waals surface area contributed by atoms with Crippen LogP contribution in [0.5, 0.6) is 0 Å². The van der Waals surface area contributed by atoms with Gasteiger partial charge >= 0.3 is 0 Å².